The second-order valence-electron chi connectivity index (χ2n) is 8.51. The molecule has 2 saturated heterocycles. The van der Waals surface area contributed by atoms with E-state index in [2.05, 4.69) is 29.8 Å². The van der Waals surface area contributed by atoms with Gasteiger partial charge in [0, 0.05) is 24.5 Å². The van der Waals surface area contributed by atoms with Gasteiger partial charge in [-0.25, -0.2) is 0 Å². The van der Waals surface area contributed by atoms with Crippen molar-refractivity contribution in [2.24, 2.45) is 0 Å². The molecule has 4 amide bonds. The molecule has 1 aromatic rings. The normalized spacial score (nSPS) is 26.5. The summed E-state index contributed by atoms with van der Waals surface area (Å²) in [6, 6.07) is 4.53. The van der Waals surface area contributed by atoms with Gasteiger partial charge in [0.2, 0.25) is 11.8 Å². The topological polar surface area (TPSA) is 108 Å². The van der Waals surface area contributed by atoms with Gasteiger partial charge in [-0.3, -0.25) is 29.4 Å². The van der Waals surface area contributed by atoms with E-state index >= 15 is 0 Å². The third-order valence-corrected chi connectivity index (χ3v) is 6.21. The fraction of sp³-hybridized carbons (Fsp3) is 0.524. The van der Waals surface area contributed by atoms with Crippen LogP contribution in [-0.4, -0.2) is 52.7 Å². The summed E-state index contributed by atoms with van der Waals surface area (Å²) in [4.78, 5) is 50.7. The first-order valence-electron chi connectivity index (χ1n) is 10.1. The van der Waals surface area contributed by atoms with Gasteiger partial charge >= 0.3 is 0 Å². The number of nitrogens with one attached hydrogen (secondary N) is 3. The van der Waals surface area contributed by atoms with E-state index in [1.165, 1.54) is 0 Å². The Kier molecular flexibility index (Phi) is 5.00. The molecule has 3 heterocycles. The van der Waals surface area contributed by atoms with Crippen LogP contribution >= 0.6 is 0 Å². The number of hydrogen-bond acceptors (Lipinski definition) is 6. The molecule has 2 fully saturated rings. The minimum atomic E-state index is -0.942. The number of imide groups is 2. The molecule has 0 bridgehead atoms. The molecule has 3 aliphatic rings. The predicted octanol–water partition coefficient (Wildman–Crippen LogP) is 0.708. The molecule has 0 aromatic heterocycles. The maximum absolute atomic E-state index is 13.1. The van der Waals surface area contributed by atoms with Crippen LogP contribution in [0, 0.1) is 0 Å². The van der Waals surface area contributed by atoms with Crippen LogP contribution in [0.25, 0.3) is 0 Å². The van der Waals surface area contributed by atoms with Crippen molar-refractivity contribution in [3.8, 4) is 0 Å². The number of fused-ring (bicyclic) bond motifs is 1. The van der Waals surface area contributed by atoms with Gasteiger partial charge in [-0.2, -0.15) is 0 Å². The third kappa shape index (κ3) is 3.47. The summed E-state index contributed by atoms with van der Waals surface area (Å²) < 4.78 is 0. The number of benzene rings is 1. The zero-order valence-electron chi connectivity index (χ0n) is 16.7. The maximum atomic E-state index is 13.1. The van der Waals surface area contributed by atoms with E-state index < -0.39 is 23.8 Å². The quantitative estimate of drug-likeness (QED) is 0.645. The fourth-order valence-electron chi connectivity index (χ4n) is 4.52. The van der Waals surface area contributed by atoms with Gasteiger partial charge in [0.25, 0.3) is 11.8 Å². The van der Waals surface area contributed by atoms with Crippen LogP contribution in [0.4, 0.5) is 0 Å². The zero-order chi connectivity index (χ0) is 20.8. The minimum absolute atomic E-state index is 0.0607. The highest BCUT2D eigenvalue weighted by atomic mass is 16.2. The number of carbonyl (C=O) groups excluding carboxylic acids is 4. The molecular formula is C21H26N4O4. The van der Waals surface area contributed by atoms with E-state index in [0.29, 0.717) is 17.7 Å². The second-order valence-corrected chi connectivity index (χ2v) is 8.51. The van der Waals surface area contributed by atoms with Crippen molar-refractivity contribution in [2.45, 2.75) is 63.7 Å². The van der Waals surface area contributed by atoms with Crippen LogP contribution in [0.1, 0.15) is 65.8 Å². The average molecular weight is 398 g/mol. The Morgan fingerprint density at radius 2 is 1.93 bits per heavy atom. The van der Waals surface area contributed by atoms with Gasteiger partial charge in [-0.05, 0) is 51.3 Å². The van der Waals surface area contributed by atoms with Crippen molar-refractivity contribution >= 4 is 23.6 Å². The average Bonchev–Trinajstić information content (AvgIpc) is 2.92. The van der Waals surface area contributed by atoms with E-state index in [1.807, 2.05) is 6.07 Å². The monoisotopic (exact) mass is 398 g/mol. The first-order valence-corrected chi connectivity index (χ1v) is 10.1. The van der Waals surface area contributed by atoms with E-state index in [1.54, 1.807) is 12.1 Å². The molecule has 29 heavy (non-hydrogen) atoms. The predicted molar refractivity (Wildman–Crippen MR) is 105 cm³/mol. The smallest absolute Gasteiger partial charge is 0.262 e. The highest BCUT2D eigenvalue weighted by Crippen LogP contribution is 2.30. The van der Waals surface area contributed by atoms with Crippen molar-refractivity contribution in [3.63, 3.8) is 0 Å². The van der Waals surface area contributed by atoms with Gasteiger partial charge in [0.15, 0.2) is 0 Å². The van der Waals surface area contributed by atoms with Crippen LogP contribution in [0.15, 0.2) is 18.2 Å². The van der Waals surface area contributed by atoms with Gasteiger partial charge in [-0.1, -0.05) is 12.1 Å². The Labute approximate surface area is 169 Å². The molecule has 8 heteroatoms. The maximum Gasteiger partial charge on any atom is 0.262 e. The lowest BCUT2D eigenvalue weighted by Gasteiger charge is -2.40. The lowest BCUT2D eigenvalue weighted by molar-refractivity contribution is -0.136. The van der Waals surface area contributed by atoms with E-state index in [9.17, 15) is 19.2 Å². The first-order chi connectivity index (χ1) is 13.8. The molecular weight excluding hydrogens is 372 g/mol. The summed E-state index contributed by atoms with van der Waals surface area (Å²) in [5, 5.41) is 9.26. The molecule has 4 rings (SSSR count). The van der Waals surface area contributed by atoms with Crippen molar-refractivity contribution in [2.75, 3.05) is 6.54 Å². The molecule has 3 N–H and O–H groups in total. The molecule has 0 radical (unpaired) electrons. The largest absolute Gasteiger partial charge is 0.310 e. The van der Waals surface area contributed by atoms with Gasteiger partial charge in [0.1, 0.15) is 6.04 Å². The van der Waals surface area contributed by atoms with E-state index in [4.69, 9.17) is 0 Å². The summed E-state index contributed by atoms with van der Waals surface area (Å²) in [5.41, 5.74) is 1.36. The van der Waals surface area contributed by atoms with Crippen molar-refractivity contribution in [1.82, 2.24) is 20.9 Å². The van der Waals surface area contributed by atoms with Crippen LogP contribution in [0.5, 0.6) is 0 Å². The van der Waals surface area contributed by atoms with Gasteiger partial charge < -0.3 is 10.6 Å². The molecule has 1 aromatic carbocycles. The number of rotatable bonds is 4. The molecule has 0 spiro atoms. The zero-order valence-corrected chi connectivity index (χ0v) is 16.7. The van der Waals surface area contributed by atoms with Crippen molar-refractivity contribution in [1.29, 1.82) is 0 Å². The molecule has 2 unspecified atom stereocenters. The fourth-order valence-corrected chi connectivity index (χ4v) is 4.52. The number of hydrogen-bond donors (Lipinski definition) is 3. The Hall–Kier alpha value is -2.58. The number of carbonyl (C=O) groups is 4. The highest BCUT2D eigenvalue weighted by Gasteiger charge is 2.45. The van der Waals surface area contributed by atoms with E-state index in [-0.39, 0.29) is 30.3 Å². The minimum Gasteiger partial charge on any atom is -0.310 e. The van der Waals surface area contributed by atoms with E-state index in [0.717, 1.165) is 29.8 Å². The molecule has 0 aliphatic carbocycles. The van der Waals surface area contributed by atoms with Crippen LogP contribution in [0.2, 0.25) is 0 Å². The Bertz CT molecular complexity index is 895. The Morgan fingerprint density at radius 3 is 2.66 bits per heavy atom. The summed E-state index contributed by atoms with van der Waals surface area (Å²) in [5.74, 6) is -1.90. The summed E-state index contributed by atoms with van der Waals surface area (Å²) >= 11 is 0. The number of nitrogens with zero attached hydrogens (tertiary/aromatic N) is 1. The SMILES string of the molecule is CC1(C)NCCCC1NCc1cccc2c1C(=O)N(C1CCC(=O)NC1=O)C2=O. The van der Waals surface area contributed by atoms with Crippen molar-refractivity contribution < 1.29 is 19.2 Å². The standard InChI is InChI=1S/C21H26N4O4/c1-21(2)15(7-4-10-23-21)22-11-12-5-3-6-13-17(12)20(29)25(19(13)28)14-8-9-16(26)24-18(14)27/h3,5-6,14-15,22-23H,4,7-11H2,1-2H3,(H,24,26,27). The van der Waals surface area contributed by atoms with Crippen LogP contribution in [-0.2, 0) is 16.1 Å². The molecule has 8 nitrogen and oxygen atoms in total. The van der Waals surface area contributed by atoms with Crippen LogP contribution < -0.4 is 16.0 Å². The summed E-state index contributed by atoms with van der Waals surface area (Å²) in [6.07, 6.45) is 2.38. The van der Waals surface area contributed by atoms with Gasteiger partial charge in [0.05, 0.1) is 11.1 Å². The highest BCUT2D eigenvalue weighted by molar-refractivity contribution is 6.24. The van der Waals surface area contributed by atoms with Gasteiger partial charge in [-0.15, -0.1) is 0 Å². The molecule has 154 valence electrons. The van der Waals surface area contributed by atoms with Crippen molar-refractivity contribution in [3.05, 3.63) is 34.9 Å². The molecule has 0 saturated carbocycles. The summed E-state index contributed by atoms with van der Waals surface area (Å²) in [7, 11) is 0. The summed E-state index contributed by atoms with van der Waals surface area (Å²) in [6.45, 7) is 5.75. The lowest BCUT2D eigenvalue weighted by atomic mass is 9.87. The number of piperidine rings is 2. The van der Waals surface area contributed by atoms with Crippen LogP contribution in [0.3, 0.4) is 0 Å². The molecule has 2 atom stereocenters. The lowest BCUT2D eigenvalue weighted by Crippen LogP contribution is -2.58. The second kappa shape index (κ2) is 7.35. The third-order valence-electron chi connectivity index (χ3n) is 6.21. The first kappa shape index (κ1) is 19.7. The molecule has 3 aliphatic heterocycles. The Balaban J connectivity index is 1.56. The Morgan fingerprint density at radius 1 is 1.14 bits per heavy atom. The number of amides is 4.